The molecule has 0 saturated carbocycles. The van der Waals surface area contributed by atoms with E-state index in [1.54, 1.807) is 12.1 Å². The maximum Gasteiger partial charge on any atom is 0.387 e. The Hall–Kier alpha value is -0.920. The van der Waals surface area contributed by atoms with Crippen molar-refractivity contribution in [1.29, 1.82) is 0 Å². The van der Waals surface area contributed by atoms with E-state index in [0.29, 0.717) is 0 Å². The van der Waals surface area contributed by atoms with Gasteiger partial charge in [0.15, 0.2) is 0 Å². The second kappa shape index (κ2) is 7.62. The first-order valence-corrected chi connectivity index (χ1v) is 7.39. The minimum atomic E-state index is -2.94. The third-order valence-corrected chi connectivity index (χ3v) is 3.58. The number of hydrogen-bond acceptors (Lipinski definition) is 2. The number of carbonyl (C=O) groups is 1. The molecule has 6 heteroatoms. The molecule has 1 amide bonds. The summed E-state index contributed by atoms with van der Waals surface area (Å²) in [6.07, 6.45) is 0. The minimum Gasteiger partial charge on any atom is -0.434 e. The second-order valence-corrected chi connectivity index (χ2v) is 5.23. The molecule has 1 rings (SSSR count). The summed E-state index contributed by atoms with van der Waals surface area (Å²) in [5.74, 6) is -0.235. The molecule has 0 spiro atoms. The lowest BCUT2D eigenvalue weighted by atomic mass is 10.1. The molecule has 0 fully saturated rings. The van der Waals surface area contributed by atoms with Crippen LogP contribution >= 0.6 is 22.6 Å². The SMILES string of the molecule is CC(C)C(CI)NC(=O)c1ccccc1OC(F)F. The zero-order valence-electron chi connectivity index (χ0n) is 10.7. The van der Waals surface area contributed by atoms with E-state index < -0.39 is 12.5 Å². The Morgan fingerprint density at radius 2 is 2.00 bits per heavy atom. The Kier molecular flexibility index (Phi) is 6.47. The summed E-state index contributed by atoms with van der Waals surface area (Å²) in [6, 6.07) is 5.98. The van der Waals surface area contributed by atoms with Crippen molar-refractivity contribution in [3.05, 3.63) is 29.8 Å². The highest BCUT2D eigenvalue weighted by Gasteiger charge is 2.19. The van der Waals surface area contributed by atoms with Crippen LogP contribution in [0.25, 0.3) is 0 Å². The van der Waals surface area contributed by atoms with Gasteiger partial charge in [0.25, 0.3) is 5.91 Å². The Morgan fingerprint density at radius 3 is 2.53 bits per heavy atom. The van der Waals surface area contributed by atoms with Gasteiger partial charge in [-0.3, -0.25) is 4.79 Å². The predicted molar refractivity (Wildman–Crippen MR) is 78.1 cm³/mol. The minimum absolute atomic E-state index is 0.00675. The molecule has 1 atom stereocenters. The molecule has 0 aliphatic carbocycles. The fraction of sp³-hybridized carbons (Fsp3) is 0.462. The van der Waals surface area contributed by atoms with E-state index in [1.807, 2.05) is 13.8 Å². The molecular weight excluding hydrogens is 367 g/mol. The largest absolute Gasteiger partial charge is 0.434 e. The molecule has 1 N–H and O–H groups in total. The summed E-state index contributed by atoms with van der Waals surface area (Å²) >= 11 is 2.18. The van der Waals surface area contributed by atoms with Crippen molar-refractivity contribution >= 4 is 28.5 Å². The normalized spacial score (nSPS) is 12.6. The van der Waals surface area contributed by atoms with Gasteiger partial charge in [-0.2, -0.15) is 8.78 Å². The first-order valence-electron chi connectivity index (χ1n) is 5.86. The lowest BCUT2D eigenvalue weighted by Gasteiger charge is -2.20. The van der Waals surface area contributed by atoms with Crippen molar-refractivity contribution < 1.29 is 18.3 Å². The van der Waals surface area contributed by atoms with Gasteiger partial charge in [0.05, 0.1) is 5.56 Å². The van der Waals surface area contributed by atoms with Crippen LogP contribution in [-0.2, 0) is 0 Å². The van der Waals surface area contributed by atoms with Gasteiger partial charge in [-0.1, -0.05) is 48.6 Å². The van der Waals surface area contributed by atoms with Crippen LogP contribution in [0.4, 0.5) is 8.78 Å². The summed E-state index contributed by atoms with van der Waals surface area (Å²) in [6.45, 7) is 1.04. The highest BCUT2D eigenvalue weighted by molar-refractivity contribution is 14.1. The Morgan fingerprint density at radius 1 is 1.37 bits per heavy atom. The van der Waals surface area contributed by atoms with Crippen LogP contribution in [-0.4, -0.2) is 23.0 Å². The van der Waals surface area contributed by atoms with Gasteiger partial charge in [0.2, 0.25) is 0 Å². The molecule has 1 aromatic rings. The maximum atomic E-state index is 12.3. The van der Waals surface area contributed by atoms with Gasteiger partial charge < -0.3 is 10.1 Å². The van der Waals surface area contributed by atoms with Crippen LogP contribution in [0.5, 0.6) is 5.75 Å². The molecule has 19 heavy (non-hydrogen) atoms. The molecule has 1 unspecified atom stereocenters. The zero-order chi connectivity index (χ0) is 14.4. The molecule has 0 bridgehead atoms. The van der Waals surface area contributed by atoms with Crippen molar-refractivity contribution in [1.82, 2.24) is 5.32 Å². The van der Waals surface area contributed by atoms with Gasteiger partial charge in [-0.25, -0.2) is 0 Å². The van der Waals surface area contributed by atoms with Crippen molar-refractivity contribution in [2.45, 2.75) is 26.5 Å². The molecule has 0 aliphatic heterocycles. The molecule has 0 radical (unpaired) electrons. The van der Waals surface area contributed by atoms with E-state index in [-0.39, 0.29) is 23.3 Å². The average molecular weight is 383 g/mol. The van der Waals surface area contributed by atoms with Crippen molar-refractivity contribution in [2.24, 2.45) is 5.92 Å². The van der Waals surface area contributed by atoms with Gasteiger partial charge in [0, 0.05) is 10.5 Å². The molecule has 106 valence electrons. The quantitative estimate of drug-likeness (QED) is 0.604. The van der Waals surface area contributed by atoms with E-state index >= 15 is 0 Å². The van der Waals surface area contributed by atoms with Crippen LogP contribution in [0.1, 0.15) is 24.2 Å². The van der Waals surface area contributed by atoms with E-state index in [1.165, 1.54) is 12.1 Å². The summed E-state index contributed by atoms with van der Waals surface area (Å²) in [5.41, 5.74) is 0.123. The smallest absolute Gasteiger partial charge is 0.387 e. The summed E-state index contributed by atoms with van der Waals surface area (Å²) in [4.78, 5) is 12.1. The summed E-state index contributed by atoms with van der Waals surface area (Å²) in [7, 11) is 0. The predicted octanol–water partition coefficient (Wildman–Crippen LogP) is 3.48. The average Bonchev–Trinajstić information content (AvgIpc) is 2.35. The summed E-state index contributed by atoms with van der Waals surface area (Å²) < 4.78 is 29.6. The van der Waals surface area contributed by atoms with E-state index in [4.69, 9.17) is 0 Å². The highest BCUT2D eigenvalue weighted by Crippen LogP contribution is 2.20. The lowest BCUT2D eigenvalue weighted by Crippen LogP contribution is -2.39. The van der Waals surface area contributed by atoms with Gasteiger partial charge in [-0.15, -0.1) is 0 Å². The topological polar surface area (TPSA) is 38.3 Å². The van der Waals surface area contributed by atoms with Gasteiger partial charge in [-0.05, 0) is 18.1 Å². The monoisotopic (exact) mass is 383 g/mol. The highest BCUT2D eigenvalue weighted by atomic mass is 127. The number of alkyl halides is 3. The van der Waals surface area contributed by atoms with Crippen LogP contribution in [0.2, 0.25) is 0 Å². The number of nitrogens with one attached hydrogen (secondary N) is 1. The van der Waals surface area contributed by atoms with Crippen LogP contribution in [0.3, 0.4) is 0 Å². The number of rotatable bonds is 6. The lowest BCUT2D eigenvalue weighted by molar-refractivity contribution is -0.0501. The maximum absolute atomic E-state index is 12.3. The van der Waals surface area contributed by atoms with Gasteiger partial charge in [0.1, 0.15) is 5.75 Å². The number of para-hydroxylation sites is 1. The standard InChI is InChI=1S/C13H16F2INO2/c1-8(2)10(7-16)17-12(18)9-5-3-4-6-11(9)19-13(14)15/h3-6,8,10,13H,7H2,1-2H3,(H,17,18). The zero-order valence-corrected chi connectivity index (χ0v) is 12.9. The molecule has 0 heterocycles. The number of hydrogen-bond donors (Lipinski definition) is 1. The number of ether oxygens (including phenoxy) is 1. The number of carbonyl (C=O) groups excluding carboxylic acids is 1. The second-order valence-electron chi connectivity index (χ2n) is 4.35. The van der Waals surface area contributed by atoms with E-state index in [9.17, 15) is 13.6 Å². The molecule has 0 saturated heterocycles. The molecule has 0 aliphatic rings. The third-order valence-electron chi connectivity index (χ3n) is 2.64. The van der Waals surface area contributed by atoms with Crippen LogP contribution in [0.15, 0.2) is 24.3 Å². The fourth-order valence-electron chi connectivity index (χ4n) is 1.48. The number of benzene rings is 1. The van der Waals surface area contributed by atoms with E-state index in [2.05, 4.69) is 32.6 Å². The Bertz CT molecular complexity index is 427. The summed E-state index contributed by atoms with van der Waals surface area (Å²) in [5, 5.41) is 2.82. The number of halogens is 3. The molecular formula is C13H16F2INO2. The third kappa shape index (κ3) is 4.93. The van der Waals surface area contributed by atoms with Gasteiger partial charge >= 0.3 is 6.61 Å². The van der Waals surface area contributed by atoms with E-state index in [0.717, 1.165) is 4.43 Å². The van der Waals surface area contributed by atoms with Crippen molar-refractivity contribution in [3.63, 3.8) is 0 Å². The molecule has 1 aromatic carbocycles. The van der Waals surface area contributed by atoms with Crippen molar-refractivity contribution in [3.8, 4) is 5.75 Å². The number of amides is 1. The first-order chi connectivity index (χ1) is 8.95. The molecule has 0 aromatic heterocycles. The molecule has 3 nitrogen and oxygen atoms in total. The first kappa shape index (κ1) is 16.1. The Labute approximate surface area is 124 Å². The van der Waals surface area contributed by atoms with Crippen LogP contribution < -0.4 is 10.1 Å². The van der Waals surface area contributed by atoms with Crippen LogP contribution in [0, 0.1) is 5.92 Å². The Balaban J connectivity index is 2.87. The fourth-order valence-corrected chi connectivity index (χ4v) is 2.72. The van der Waals surface area contributed by atoms with Crippen molar-refractivity contribution in [2.75, 3.05) is 4.43 Å².